The first kappa shape index (κ1) is 18.3. The van der Waals surface area contributed by atoms with Crippen LogP contribution in [0.1, 0.15) is 25.8 Å². The number of likely N-dealkylation sites (tertiary alicyclic amines) is 1. The van der Waals surface area contributed by atoms with Crippen LogP contribution in [-0.2, 0) is 6.42 Å². The van der Waals surface area contributed by atoms with E-state index in [1.54, 1.807) is 0 Å². The number of benzene rings is 1. The summed E-state index contributed by atoms with van der Waals surface area (Å²) in [6.07, 6.45) is 2.44. The van der Waals surface area contributed by atoms with Gasteiger partial charge in [-0.15, -0.1) is 24.0 Å². The summed E-state index contributed by atoms with van der Waals surface area (Å²) in [6, 6.07) is 10.8. The molecule has 3 nitrogen and oxygen atoms in total. The van der Waals surface area contributed by atoms with E-state index in [1.807, 2.05) is 7.05 Å². The molecule has 0 aliphatic carbocycles. The van der Waals surface area contributed by atoms with Crippen molar-refractivity contribution >= 4 is 29.9 Å². The van der Waals surface area contributed by atoms with Crippen molar-refractivity contribution in [3.63, 3.8) is 0 Å². The lowest BCUT2D eigenvalue weighted by Gasteiger charge is -2.22. The first-order valence-electron chi connectivity index (χ1n) is 7.68. The molecular formula is C17H28IN3. The summed E-state index contributed by atoms with van der Waals surface area (Å²) in [5.41, 5.74) is 1.45. The molecule has 0 radical (unpaired) electrons. The van der Waals surface area contributed by atoms with Crippen LogP contribution < -0.4 is 5.32 Å². The molecule has 1 aliphatic heterocycles. The van der Waals surface area contributed by atoms with Crippen LogP contribution in [0.25, 0.3) is 0 Å². The Morgan fingerprint density at radius 2 is 2.05 bits per heavy atom. The monoisotopic (exact) mass is 401 g/mol. The van der Waals surface area contributed by atoms with Crippen LogP contribution >= 0.6 is 24.0 Å². The van der Waals surface area contributed by atoms with Crippen molar-refractivity contribution in [2.24, 2.45) is 16.8 Å². The van der Waals surface area contributed by atoms with Gasteiger partial charge in [-0.1, -0.05) is 44.2 Å². The average Bonchev–Trinajstić information content (AvgIpc) is 2.89. The molecular weight excluding hydrogens is 373 g/mol. The Morgan fingerprint density at radius 1 is 1.33 bits per heavy atom. The molecule has 0 aromatic heterocycles. The van der Waals surface area contributed by atoms with Gasteiger partial charge in [-0.25, -0.2) is 0 Å². The Hall–Kier alpha value is -0.780. The summed E-state index contributed by atoms with van der Waals surface area (Å²) in [7, 11) is 1.88. The Labute approximate surface area is 146 Å². The highest BCUT2D eigenvalue weighted by Crippen LogP contribution is 2.20. The van der Waals surface area contributed by atoms with Crippen molar-refractivity contribution in [2.45, 2.75) is 26.7 Å². The number of halogens is 1. The fraction of sp³-hybridized carbons (Fsp3) is 0.588. The van der Waals surface area contributed by atoms with Gasteiger partial charge in [-0.2, -0.15) is 0 Å². The van der Waals surface area contributed by atoms with E-state index in [0.717, 1.165) is 31.5 Å². The van der Waals surface area contributed by atoms with Gasteiger partial charge in [-0.05, 0) is 30.2 Å². The van der Waals surface area contributed by atoms with Gasteiger partial charge >= 0.3 is 0 Å². The second-order valence-corrected chi connectivity index (χ2v) is 6.11. The van der Waals surface area contributed by atoms with Crippen LogP contribution in [-0.4, -0.2) is 37.5 Å². The number of nitrogens with one attached hydrogen (secondary N) is 1. The van der Waals surface area contributed by atoms with E-state index in [0.29, 0.717) is 5.92 Å². The van der Waals surface area contributed by atoms with E-state index in [-0.39, 0.29) is 24.0 Å². The molecule has 1 aromatic rings. The topological polar surface area (TPSA) is 27.6 Å². The molecule has 0 amide bonds. The van der Waals surface area contributed by atoms with Crippen LogP contribution in [0.15, 0.2) is 35.3 Å². The standard InChI is InChI=1S/C17H27N3.HI/c1-14(2)12-19-17(18-3)20-10-9-16(13-20)11-15-7-5-4-6-8-15;/h4-8,14,16H,9-13H2,1-3H3,(H,18,19);1H. The van der Waals surface area contributed by atoms with Gasteiger partial charge in [0.1, 0.15) is 0 Å². The molecule has 0 bridgehead atoms. The van der Waals surface area contributed by atoms with E-state index in [2.05, 4.69) is 59.4 Å². The number of hydrogen-bond donors (Lipinski definition) is 1. The maximum atomic E-state index is 4.41. The van der Waals surface area contributed by atoms with Crippen molar-refractivity contribution in [2.75, 3.05) is 26.7 Å². The lowest BCUT2D eigenvalue weighted by Crippen LogP contribution is -2.41. The molecule has 1 aromatic carbocycles. The fourth-order valence-corrected chi connectivity index (χ4v) is 2.77. The van der Waals surface area contributed by atoms with Gasteiger partial charge in [0.15, 0.2) is 5.96 Å². The average molecular weight is 401 g/mol. The first-order chi connectivity index (χ1) is 9.69. The van der Waals surface area contributed by atoms with Crippen molar-refractivity contribution < 1.29 is 0 Å². The number of hydrogen-bond acceptors (Lipinski definition) is 1. The van der Waals surface area contributed by atoms with Gasteiger partial charge in [0, 0.05) is 26.7 Å². The Morgan fingerprint density at radius 3 is 2.67 bits per heavy atom. The van der Waals surface area contributed by atoms with E-state index in [9.17, 15) is 0 Å². The van der Waals surface area contributed by atoms with E-state index < -0.39 is 0 Å². The molecule has 1 fully saturated rings. The first-order valence-corrected chi connectivity index (χ1v) is 7.68. The minimum absolute atomic E-state index is 0. The summed E-state index contributed by atoms with van der Waals surface area (Å²) >= 11 is 0. The third kappa shape index (κ3) is 5.85. The minimum atomic E-state index is 0. The van der Waals surface area contributed by atoms with Crippen LogP contribution in [0, 0.1) is 11.8 Å². The summed E-state index contributed by atoms with van der Waals surface area (Å²) < 4.78 is 0. The molecule has 0 spiro atoms. The zero-order valence-corrected chi connectivity index (χ0v) is 15.7. The molecule has 118 valence electrons. The Balaban J connectivity index is 0.00000220. The quantitative estimate of drug-likeness (QED) is 0.476. The number of aliphatic imine (C=N–C) groups is 1. The van der Waals surface area contributed by atoms with E-state index >= 15 is 0 Å². The maximum Gasteiger partial charge on any atom is 0.193 e. The van der Waals surface area contributed by atoms with Crippen LogP contribution in [0.5, 0.6) is 0 Å². The normalized spacial score (nSPS) is 18.8. The molecule has 1 aliphatic rings. The Kier molecular flexibility index (Phi) is 8.07. The zero-order chi connectivity index (χ0) is 14.4. The maximum absolute atomic E-state index is 4.41. The van der Waals surface area contributed by atoms with E-state index in [1.165, 1.54) is 18.4 Å². The smallest absolute Gasteiger partial charge is 0.193 e. The molecule has 2 rings (SSSR count). The molecule has 21 heavy (non-hydrogen) atoms. The van der Waals surface area contributed by atoms with Crippen molar-refractivity contribution in [3.05, 3.63) is 35.9 Å². The van der Waals surface area contributed by atoms with Crippen LogP contribution in [0.4, 0.5) is 0 Å². The number of guanidine groups is 1. The molecule has 4 heteroatoms. The largest absolute Gasteiger partial charge is 0.356 e. The molecule has 0 saturated carbocycles. The van der Waals surface area contributed by atoms with Gasteiger partial charge < -0.3 is 10.2 Å². The third-order valence-corrected chi connectivity index (χ3v) is 3.83. The number of nitrogens with zero attached hydrogens (tertiary/aromatic N) is 2. The van der Waals surface area contributed by atoms with Gasteiger partial charge in [0.25, 0.3) is 0 Å². The van der Waals surface area contributed by atoms with Gasteiger partial charge in [0.05, 0.1) is 0 Å². The zero-order valence-electron chi connectivity index (χ0n) is 13.4. The molecule has 1 heterocycles. The Bertz CT molecular complexity index is 431. The second kappa shape index (κ2) is 9.28. The van der Waals surface area contributed by atoms with Crippen LogP contribution in [0.3, 0.4) is 0 Å². The van der Waals surface area contributed by atoms with Crippen molar-refractivity contribution in [1.29, 1.82) is 0 Å². The highest BCUT2D eigenvalue weighted by Gasteiger charge is 2.24. The summed E-state index contributed by atoms with van der Waals surface area (Å²) in [4.78, 5) is 6.81. The lowest BCUT2D eigenvalue weighted by molar-refractivity contribution is 0.453. The summed E-state index contributed by atoms with van der Waals surface area (Å²) in [5, 5.41) is 3.47. The molecule has 1 atom stereocenters. The highest BCUT2D eigenvalue weighted by molar-refractivity contribution is 14.0. The molecule has 1 N–H and O–H groups in total. The van der Waals surface area contributed by atoms with Crippen molar-refractivity contribution in [3.8, 4) is 0 Å². The predicted octanol–water partition coefficient (Wildman–Crippen LogP) is 3.40. The van der Waals surface area contributed by atoms with Gasteiger partial charge in [0.2, 0.25) is 0 Å². The minimum Gasteiger partial charge on any atom is -0.356 e. The second-order valence-electron chi connectivity index (χ2n) is 6.11. The lowest BCUT2D eigenvalue weighted by atomic mass is 9.99. The molecule has 1 saturated heterocycles. The predicted molar refractivity (Wildman–Crippen MR) is 101 cm³/mol. The third-order valence-electron chi connectivity index (χ3n) is 3.83. The molecule has 1 unspecified atom stereocenters. The summed E-state index contributed by atoms with van der Waals surface area (Å²) in [6.45, 7) is 7.68. The SMILES string of the molecule is CN=C(NCC(C)C)N1CCC(Cc2ccccc2)C1.I. The van der Waals surface area contributed by atoms with Gasteiger partial charge in [-0.3, -0.25) is 4.99 Å². The highest BCUT2D eigenvalue weighted by atomic mass is 127. The number of rotatable bonds is 4. The summed E-state index contributed by atoms with van der Waals surface area (Å²) in [5.74, 6) is 2.46. The van der Waals surface area contributed by atoms with Crippen LogP contribution in [0.2, 0.25) is 0 Å². The fourth-order valence-electron chi connectivity index (χ4n) is 2.77. The van der Waals surface area contributed by atoms with Crippen molar-refractivity contribution in [1.82, 2.24) is 10.2 Å². The van der Waals surface area contributed by atoms with E-state index in [4.69, 9.17) is 0 Å².